The molecule has 0 bridgehead atoms. The average molecular weight is 716 g/mol. The molecule has 270 valence electrons. The zero-order valence-electron chi connectivity index (χ0n) is 29.4. The smallest absolute Gasteiger partial charge is 0.305 e. The van der Waals surface area contributed by atoms with Crippen molar-refractivity contribution in [1.82, 2.24) is 25.1 Å². The number of nitrogens with one attached hydrogen (secondary N) is 2. The van der Waals surface area contributed by atoms with Gasteiger partial charge in [0.2, 0.25) is 0 Å². The van der Waals surface area contributed by atoms with Gasteiger partial charge in [0.1, 0.15) is 11.2 Å². The van der Waals surface area contributed by atoms with E-state index in [2.05, 4.69) is 47.9 Å². The monoisotopic (exact) mass is 715 g/mol. The standard InChI is InChI=1S/C36H53N5O6S2/c1-25(2)32-38-27(22-48-32)33(44)41-19-20-47-36(23-41)13-17-40(18-14-36)16-8-6-5-7-11-35(3,4)12-15-37-21-28(43)26-9-10-29(46-24-42)30-31(26)49-34(45)39-30/h9-10,22,24-25,28,37,43H,5-8,11-21,23H2,1-4H3,(H,39,45). The van der Waals surface area contributed by atoms with E-state index in [0.717, 1.165) is 68.2 Å². The van der Waals surface area contributed by atoms with E-state index in [-0.39, 0.29) is 27.5 Å². The van der Waals surface area contributed by atoms with Crippen LogP contribution in [0.3, 0.4) is 0 Å². The number of carbonyl (C=O) groups excluding carboxylic acids is 2. The highest BCUT2D eigenvalue weighted by atomic mass is 32.1. The minimum Gasteiger partial charge on any atom is -0.426 e. The first-order chi connectivity index (χ1) is 23.5. The van der Waals surface area contributed by atoms with E-state index in [1.165, 1.54) is 25.7 Å². The fourth-order valence-electron chi connectivity index (χ4n) is 6.95. The van der Waals surface area contributed by atoms with Crippen LogP contribution < -0.4 is 14.9 Å². The van der Waals surface area contributed by atoms with E-state index in [4.69, 9.17) is 9.47 Å². The number of piperidine rings is 1. The highest BCUT2D eigenvalue weighted by Gasteiger charge is 2.41. The van der Waals surface area contributed by atoms with Crippen LogP contribution in [0.5, 0.6) is 5.75 Å². The summed E-state index contributed by atoms with van der Waals surface area (Å²) in [5.74, 6) is 0.647. The van der Waals surface area contributed by atoms with Crippen LogP contribution in [-0.4, -0.2) is 95.3 Å². The van der Waals surface area contributed by atoms with Gasteiger partial charge in [-0.15, -0.1) is 11.3 Å². The molecule has 2 aliphatic heterocycles. The van der Waals surface area contributed by atoms with Crippen LogP contribution in [0.25, 0.3) is 10.2 Å². The van der Waals surface area contributed by atoms with Gasteiger partial charge in [0, 0.05) is 43.0 Å². The van der Waals surface area contributed by atoms with Gasteiger partial charge in [-0.3, -0.25) is 14.4 Å². The summed E-state index contributed by atoms with van der Waals surface area (Å²) < 4.78 is 11.9. The molecule has 0 saturated carbocycles. The second kappa shape index (κ2) is 17.0. The lowest BCUT2D eigenvalue weighted by Gasteiger charge is -2.47. The number of hydrogen-bond donors (Lipinski definition) is 3. The Hall–Kier alpha value is -2.68. The number of benzene rings is 1. The molecule has 1 amide bonds. The molecule has 2 aromatic heterocycles. The largest absolute Gasteiger partial charge is 0.426 e. The third-order valence-electron chi connectivity index (χ3n) is 10.0. The second-order valence-corrected chi connectivity index (χ2v) is 16.6. The number of hydrogen-bond acceptors (Lipinski definition) is 11. The molecular weight excluding hydrogens is 663 g/mol. The number of aromatic amines is 1. The Morgan fingerprint density at radius 3 is 2.69 bits per heavy atom. The first kappa shape index (κ1) is 37.6. The minimum atomic E-state index is -0.783. The Labute approximate surface area is 297 Å². The summed E-state index contributed by atoms with van der Waals surface area (Å²) in [6.07, 6.45) is 8.16. The van der Waals surface area contributed by atoms with Crippen LogP contribution >= 0.6 is 22.7 Å². The molecule has 1 spiro atoms. The van der Waals surface area contributed by atoms with Crippen molar-refractivity contribution in [2.75, 3.05) is 52.4 Å². The molecule has 1 unspecified atom stereocenters. The van der Waals surface area contributed by atoms with Crippen molar-refractivity contribution in [2.24, 2.45) is 5.41 Å². The predicted molar refractivity (Wildman–Crippen MR) is 195 cm³/mol. The molecule has 0 aliphatic carbocycles. The quantitative estimate of drug-likeness (QED) is 0.119. The van der Waals surface area contributed by atoms with Gasteiger partial charge in [0.15, 0.2) is 5.75 Å². The van der Waals surface area contributed by atoms with E-state index in [1.54, 1.807) is 23.5 Å². The number of nitrogens with zero attached hydrogens (tertiary/aromatic N) is 3. The highest BCUT2D eigenvalue weighted by Crippen LogP contribution is 2.33. The maximum atomic E-state index is 13.2. The lowest BCUT2D eigenvalue weighted by atomic mass is 9.83. The number of unbranched alkanes of at least 4 members (excludes halogenated alkanes) is 3. The normalized spacial score (nSPS) is 17.6. The Bertz CT molecular complexity index is 1590. The van der Waals surface area contributed by atoms with Gasteiger partial charge in [-0.25, -0.2) is 4.98 Å². The van der Waals surface area contributed by atoms with E-state index in [1.807, 2.05) is 10.3 Å². The summed E-state index contributed by atoms with van der Waals surface area (Å²) in [6.45, 7) is 15.4. The zero-order valence-corrected chi connectivity index (χ0v) is 31.1. The zero-order chi connectivity index (χ0) is 35.0. The molecule has 3 aromatic rings. The Kier molecular flexibility index (Phi) is 13.1. The van der Waals surface area contributed by atoms with E-state index < -0.39 is 6.10 Å². The number of rotatable bonds is 17. The number of aromatic nitrogens is 2. The van der Waals surface area contributed by atoms with Crippen LogP contribution in [0, 0.1) is 5.41 Å². The van der Waals surface area contributed by atoms with Crippen molar-refractivity contribution in [2.45, 2.75) is 96.7 Å². The molecule has 13 heteroatoms. The fourth-order valence-corrected chi connectivity index (χ4v) is 8.68. The number of aliphatic hydroxyl groups excluding tert-OH is 1. The van der Waals surface area contributed by atoms with Gasteiger partial charge < -0.3 is 34.7 Å². The van der Waals surface area contributed by atoms with Gasteiger partial charge in [-0.1, -0.05) is 64.4 Å². The van der Waals surface area contributed by atoms with Crippen LogP contribution in [-0.2, 0) is 9.53 Å². The van der Waals surface area contributed by atoms with Crippen LogP contribution in [0.1, 0.15) is 112 Å². The van der Waals surface area contributed by atoms with E-state index >= 15 is 0 Å². The lowest BCUT2D eigenvalue weighted by Crippen LogP contribution is -2.58. The van der Waals surface area contributed by atoms with Crippen molar-refractivity contribution in [1.29, 1.82) is 0 Å². The van der Waals surface area contributed by atoms with E-state index in [9.17, 15) is 19.5 Å². The minimum absolute atomic E-state index is 0.0391. The molecule has 49 heavy (non-hydrogen) atoms. The van der Waals surface area contributed by atoms with Crippen molar-refractivity contribution in [3.63, 3.8) is 0 Å². The number of aliphatic hydroxyl groups is 1. The highest BCUT2D eigenvalue weighted by molar-refractivity contribution is 7.16. The van der Waals surface area contributed by atoms with Gasteiger partial charge in [0.25, 0.3) is 12.4 Å². The summed E-state index contributed by atoms with van der Waals surface area (Å²) in [6, 6.07) is 3.30. The summed E-state index contributed by atoms with van der Waals surface area (Å²) in [5.41, 5.74) is 1.63. The molecule has 1 aromatic carbocycles. The van der Waals surface area contributed by atoms with Crippen LogP contribution in [0.15, 0.2) is 22.3 Å². The molecule has 2 fully saturated rings. The summed E-state index contributed by atoms with van der Waals surface area (Å²) in [4.78, 5) is 47.5. The van der Waals surface area contributed by atoms with Gasteiger partial charge in [0.05, 0.1) is 34.6 Å². The molecule has 11 nitrogen and oxygen atoms in total. The van der Waals surface area contributed by atoms with E-state index in [0.29, 0.717) is 60.1 Å². The Balaban J connectivity index is 0.940. The molecule has 1 atom stereocenters. The third kappa shape index (κ3) is 9.98. The molecule has 3 N–H and O–H groups in total. The number of H-pyrrole nitrogens is 1. The SMILES string of the molecule is CC(C)c1nc(C(=O)N2CCOC3(CCN(CCCCCCC(C)(C)CCNCC(O)c4ccc(OC=O)c5[nH]c(=O)sc45)CC3)C2)cs1. The topological polar surface area (TPSA) is 137 Å². The lowest BCUT2D eigenvalue weighted by molar-refractivity contribution is -0.127. The van der Waals surface area contributed by atoms with Crippen molar-refractivity contribution in [3.8, 4) is 5.75 Å². The molecule has 2 aliphatic rings. The number of likely N-dealkylation sites (tertiary alicyclic amines) is 1. The molecule has 5 rings (SSSR count). The number of ether oxygens (including phenoxy) is 2. The number of morpholine rings is 1. The molecule has 4 heterocycles. The summed E-state index contributed by atoms with van der Waals surface area (Å²) in [5, 5.41) is 17.1. The van der Waals surface area contributed by atoms with Gasteiger partial charge in [-0.05, 0) is 56.7 Å². The average Bonchev–Trinajstić information content (AvgIpc) is 3.73. The summed E-state index contributed by atoms with van der Waals surface area (Å²) >= 11 is 2.58. The third-order valence-corrected chi connectivity index (χ3v) is 12.1. The fraction of sp³-hybridized carbons (Fsp3) is 0.667. The summed E-state index contributed by atoms with van der Waals surface area (Å²) in [7, 11) is 0. The Morgan fingerprint density at radius 2 is 1.96 bits per heavy atom. The van der Waals surface area contributed by atoms with Crippen molar-refractivity contribution in [3.05, 3.63) is 43.4 Å². The number of amides is 1. The maximum Gasteiger partial charge on any atom is 0.305 e. The molecular formula is C36H53N5O6S2. The number of fused-ring (bicyclic) bond motifs is 1. The maximum absolute atomic E-state index is 13.2. The molecule has 0 radical (unpaired) electrons. The predicted octanol–water partition coefficient (Wildman–Crippen LogP) is 5.70. The van der Waals surface area contributed by atoms with Gasteiger partial charge in [-0.2, -0.15) is 0 Å². The van der Waals surface area contributed by atoms with Crippen LogP contribution in [0.4, 0.5) is 0 Å². The van der Waals surface area contributed by atoms with Crippen molar-refractivity contribution < 1.29 is 24.2 Å². The number of thiazole rings is 2. The van der Waals surface area contributed by atoms with Crippen molar-refractivity contribution >= 4 is 45.3 Å². The number of carbonyl (C=O) groups is 2. The van der Waals surface area contributed by atoms with Gasteiger partial charge >= 0.3 is 4.87 Å². The first-order valence-electron chi connectivity index (χ1n) is 17.7. The Morgan fingerprint density at radius 1 is 1.18 bits per heavy atom. The molecule has 2 saturated heterocycles. The first-order valence-corrected chi connectivity index (χ1v) is 19.4. The second-order valence-electron chi connectivity index (χ2n) is 14.7. The van der Waals surface area contributed by atoms with Crippen LogP contribution in [0.2, 0.25) is 0 Å².